The van der Waals surface area contributed by atoms with Crippen molar-refractivity contribution in [2.45, 2.75) is 19.3 Å². The molecular formula is C22H21N3O3S. The molecular weight excluding hydrogens is 386 g/mol. The molecule has 0 aliphatic carbocycles. The number of aryl methyl sites for hydroxylation is 1. The molecule has 2 N–H and O–H groups in total. The van der Waals surface area contributed by atoms with E-state index in [1.165, 1.54) is 23.0 Å². The second kappa shape index (κ2) is 8.13. The van der Waals surface area contributed by atoms with Crippen molar-refractivity contribution in [1.29, 1.82) is 0 Å². The van der Waals surface area contributed by atoms with E-state index in [2.05, 4.69) is 34.4 Å². The third-order valence-electron chi connectivity index (χ3n) is 4.93. The van der Waals surface area contributed by atoms with Gasteiger partial charge in [-0.3, -0.25) is 9.59 Å². The number of rotatable bonds is 4. The van der Waals surface area contributed by atoms with Crippen molar-refractivity contribution in [2.75, 3.05) is 18.5 Å². The summed E-state index contributed by atoms with van der Waals surface area (Å²) in [5, 5.41) is 12.1. The number of benzene rings is 2. The number of carboxylic acid groups (broad SMARTS) is 1. The topological polar surface area (TPSA) is 82.0 Å². The lowest BCUT2D eigenvalue weighted by Crippen LogP contribution is -2.24. The molecule has 1 saturated heterocycles. The van der Waals surface area contributed by atoms with Gasteiger partial charge in [0.15, 0.2) is 5.17 Å². The quantitative estimate of drug-likeness (QED) is 0.757. The molecule has 0 aromatic heterocycles. The van der Waals surface area contributed by atoms with E-state index in [1.807, 2.05) is 12.1 Å². The number of hydrogen-bond acceptors (Lipinski definition) is 5. The smallest absolute Gasteiger partial charge is 0.307 e. The molecule has 0 radical (unpaired) electrons. The Labute approximate surface area is 173 Å². The lowest BCUT2D eigenvalue weighted by molar-refractivity contribution is -0.136. The average molecular weight is 407 g/mol. The first-order valence-corrected chi connectivity index (χ1v) is 10.2. The largest absolute Gasteiger partial charge is 0.481 e. The third kappa shape index (κ3) is 4.51. The predicted octanol–water partition coefficient (Wildman–Crippen LogP) is 3.59. The van der Waals surface area contributed by atoms with Crippen LogP contribution in [0.25, 0.3) is 6.08 Å². The Bertz CT molecular complexity index is 1030. The van der Waals surface area contributed by atoms with Crippen LogP contribution in [0.15, 0.2) is 52.4 Å². The van der Waals surface area contributed by atoms with E-state index in [-0.39, 0.29) is 12.3 Å². The van der Waals surface area contributed by atoms with Crippen LogP contribution in [0.5, 0.6) is 0 Å². The Hall–Kier alpha value is -3.06. The summed E-state index contributed by atoms with van der Waals surface area (Å²) in [5.74, 6) is -1.03. The van der Waals surface area contributed by atoms with Gasteiger partial charge in [0, 0.05) is 19.3 Å². The van der Waals surface area contributed by atoms with Gasteiger partial charge in [0.1, 0.15) is 0 Å². The second-order valence-corrected chi connectivity index (χ2v) is 8.16. The molecule has 2 heterocycles. The van der Waals surface area contributed by atoms with Crippen LogP contribution >= 0.6 is 11.8 Å². The normalized spacial score (nSPS) is 18.8. The molecule has 2 aliphatic rings. The van der Waals surface area contributed by atoms with Crippen molar-refractivity contribution in [3.63, 3.8) is 0 Å². The maximum absolute atomic E-state index is 12.3. The number of thioether (sulfide) groups is 1. The monoisotopic (exact) mass is 407 g/mol. The number of carbonyl (C=O) groups excluding carboxylic acids is 1. The molecule has 7 heteroatoms. The zero-order valence-corrected chi connectivity index (χ0v) is 16.8. The number of carboxylic acids is 1. The number of nitrogens with zero attached hydrogens (tertiary/aromatic N) is 2. The Morgan fingerprint density at radius 1 is 1.28 bits per heavy atom. The predicted molar refractivity (Wildman–Crippen MR) is 117 cm³/mol. The number of aliphatic carboxylic acids is 1. The Morgan fingerprint density at radius 2 is 2.07 bits per heavy atom. The van der Waals surface area contributed by atoms with Gasteiger partial charge in [0.05, 0.1) is 17.0 Å². The first-order chi connectivity index (χ1) is 14.0. The molecule has 2 aromatic rings. The Morgan fingerprint density at radius 3 is 2.83 bits per heavy atom. The maximum Gasteiger partial charge on any atom is 0.307 e. The molecule has 4 rings (SSSR count). The Balaban J connectivity index is 1.50. The number of nitrogens with one attached hydrogen (secondary N) is 1. The van der Waals surface area contributed by atoms with Gasteiger partial charge in [-0.1, -0.05) is 18.2 Å². The van der Waals surface area contributed by atoms with Crippen molar-refractivity contribution in [1.82, 2.24) is 5.32 Å². The maximum atomic E-state index is 12.3. The van der Waals surface area contributed by atoms with E-state index in [9.17, 15) is 9.59 Å². The van der Waals surface area contributed by atoms with Crippen LogP contribution in [0.2, 0.25) is 0 Å². The summed E-state index contributed by atoms with van der Waals surface area (Å²) in [4.78, 5) is 30.4. The number of hydrogen-bond donors (Lipinski definition) is 2. The highest BCUT2D eigenvalue weighted by atomic mass is 32.2. The fraction of sp³-hybridized carbons (Fsp3) is 0.227. The lowest BCUT2D eigenvalue weighted by Gasteiger charge is -2.27. The van der Waals surface area contributed by atoms with Gasteiger partial charge < -0.3 is 15.3 Å². The van der Waals surface area contributed by atoms with Gasteiger partial charge in [-0.2, -0.15) is 0 Å². The molecule has 0 unspecified atom stereocenters. The zero-order chi connectivity index (χ0) is 20.4. The van der Waals surface area contributed by atoms with E-state index < -0.39 is 5.97 Å². The molecule has 6 nitrogen and oxygen atoms in total. The number of aliphatic imine (C=N–C) groups is 1. The fourth-order valence-electron chi connectivity index (χ4n) is 3.51. The van der Waals surface area contributed by atoms with Gasteiger partial charge in [-0.05, 0) is 71.6 Å². The minimum absolute atomic E-state index is 0.0220. The number of fused-ring (bicyclic) bond motifs is 1. The van der Waals surface area contributed by atoms with Gasteiger partial charge in [0.2, 0.25) is 0 Å². The van der Waals surface area contributed by atoms with Crippen molar-refractivity contribution >= 4 is 46.3 Å². The van der Waals surface area contributed by atoms with E-state index in [1.54, 1.807) is 24.3 Å². The van der Waals surface area contributed by atoms with Crippen LogP contribution in [-0.2, 0) is 22.4 Å². The summed E-state index contributed by atoms with van der Waals surface area (Å²) >= 11 is 1.31. The van der Waals surface area contributed by atoms with Crippen LogP contribution in [0, 0.1) is 0 Å². The summed E-state index contributed by atoms with van der Waals surface area (Å²) in [6.07, 6.45) is 4.07. The standard InChI is InChI=1S/C22H21N3O3S/c1-25-10-2-3-16-11-15(6-9-18(16)25)12-19-21(28)24-22(29-19)23-17-7-4-14(5-8-17)13-20(26)27/h4-9,11-12H,2-3,10,13H2,1H3,(H,26,27)(H,23,24,28)/b19-12-. The number of carbonyl (C=O) groups is 2. The highest BCUT2D eigenvalue weighted by molar-refractivity contribution is 8.18. The zero-order valence-electron chi connectivity index (χ0n) is 16.0. The van der Waals surface area contributed by atoms with E-state index in [0.717, 1.165) is 24.9 Å². The Kier molecular flexibility index (Phi) is 5.40. The number of amides is 1. The number of amidine groups is 1. The van der Waals surface area contributed by atoms with Gasteiger partial charge in [-0.15, -0.1) is 0 Å². The highest BCUT2D eigenvalue weighted by Crippen LogP contribution is 2.31. The van der Waals surface area contributed by atoms with Crippen molar-refractivity contribution in [2.24, 2.45) is 4.99 Å². The summed E-state index contributed by atoms with van der Waals surface area (Å²) in [6.45, 7) is 1.07. The molecule has 2 aromatic carbocycles. The van der Waals surface area contributed by atoms with Gasteiger partial charge >= 0.3 is 5.97 Å². The van der Waals surface area contributed by atoms with Crippen LogP contribution in [0.4, 0.5) is 11.4 Å². The van der Waals surface area contributed by atoms with Crippen LogP contribution in [-0.4, -0.2) is 35.7 Å². The molecule has 0 bridgehead atoms. The highest BCUT2D eigenvalue weighted by Gasteiger charge is 2.24. The summed E-state index contributed by atoms with van der Waals surface area (Å²) in [6, 6.07) is 13.3. The minimum Gasteiger partial charge on any atom is -0.481 e. The molecule has 0 saturated carbocycles. The summed E-state index contributed by atoms with van der Waals surface area (Å²) < 4.78 is 0. The van der Waals surface area contributed by atoms with Crippen molar-refractivity contribution in [3.05, 3.63) is 64.1 Å². The molecule has 0 spiro atoms. The number of anilines is 1. The van der Waals surface area contributed by atoms with Crippen LogP contribution in [0.1, 0.15) is 23.1 Å². The van der Waals surface area contributed by atoms with E-state index in [0.29, 0.717) is 21.3 Å². The minimum atomic E-state index is -0.869. The van der Waals surface area contributed by atoms with Gasteiger partial charge in [-0.25, -0.2) is 4.99 Å². The summed E-state index contributed by atoms with van der Waals surface area (Å²) in [5.41, 5.74) is 4.96. The molecule has 1 amide bonds. The first-order valence-electron chi connectivity index (χ1n) is 9.42. The SMILES string of the molecule is CN1CCCc2cc(/C=C3\SC(=Nc4ccc(CC(=O)O)cc4)NC3=O)ccc21. The van der Waals surface area contributed by atoms with Crippen molar-refractivity contribution < 1.29 is 14.7 Å². The van der Waals surface area contributed by atoms with Crippen LogP contribution in [0.3, 0.4) is 0 Å². The molecule has 29 heavy (non-hydrogen) atoms. The third-order valence-corrected chi connectivity index (χ3v) is 5.84. The molecule has 0 atom stereocenters. The lowest BCUT2D eigenvalue weighted by atomic mass is 9.99. The van der Waals surface area contributed by atoms with E-state index >= 15 is 0 Å². The average Bonchev–Trinajstić information content (AvgIpc) is 3.02. The van der Waals surface area contributed by atoms with Gasteiger partial charge in [0.25, 0.3) is 5.91 Å². The molecule has 148 valence electrons. The summed E-state index contributed by atoms with van der Waals surface area (Å²) in [7, 11) is 2.10. The molecule has 1 fully saturated rings. The van der Waals surface area contributed by atoms with Crippen molar-refractivity contribution in [3.8, 4) is 0 Å². The van der Waals surface area contributed by atoms with E-state index in [4.69, 9.17) is 5.11 Å². The fourth-order valence-corrected chi connectivity index (χ4v) is 4.35. The second-order valence-electron chi connectivity index (χ2n) is 7.13. The van der Waals surface area contributed by atoms with Crippen LogP contribution < -0.4 is 10.2 Å². The molecule has 2 aliphatic heterocycles. The first kappa shape index (κ1) is 19.3.